The van der Waals surface area contributed by atoms with Gasteiger partial charge in [0, 0.05) is 0 Å². The molecule has 80 valence electrons. The summed E-state index contributed by atoms with van der Waals surface area (Å²) in [5.41, 5.74) is 7.91. The van der Waals surface area contributed by atoms with E-state index in [0.717, 1.165) is 19.3 Å². The summed E-state index contributed by atoms with van der Waals surface area (Å²) in [4.78, 5) is 11.3. The van der Waals surface area contributed by atoms with Gasteiger partial charge in [0.05, 0.1) is 12.6 Å². The second kappa shape index (κ2) is 4.45. The van der Waals surface area contributed by atoms with Crippen molar-refractivity contribution in [3.05, 3.63) is 35.4 Å². The van der Waals surface area contributed by atoms with E-state index >= 15 is 0 Å². The number of carbonyl (C=O) groups excluding carboxylic acids is 1. The standard InChI is InChI=1S/C12H16N2O/c13-8-12(15)14-11-7-3-5-9-4-1-2-6-10(9)11/h1-2,4,6,11H,3,5,7-8,13H2,(H,14,15)/t11-/m1/s1. The quantitative estimate of drug-likeness (QED) is 0.759. The van der Waals surface area contributed by atoms with E-state index in [4.69, 9.17) is 5.73 Å². The second-order valence-corrected chi connectivity index (χ2v) is 3.92. The van der Waals surface area contributed by atoms with Gasteiger partial charge in [-0.1, -0.05) is 24.3 Å². The molecule has 1 aromatic carbocycles. The first-order valence-corrected chi connectivity index (χ1v) is 5.38. The highest BCUT2D eigenvalue weighted by atomic mass is 16.1. The van der Waals surface area contributed by atoms with E-state index in [2.05, 4.69) is 17.4 Å². The maximum absolute atomic E-state index is 11.3. The van der Waals surface area contributed by atoms with Crippen LogP contribution in [0.25, 0.3) is 0 Å². The van der Waals surface area contributed by atoms with E-state index in [1.165, 1.54) is 11.1 Å². The van der Waals surface area contributed by atoms with E-state index in [1.54, 1.807) is 0 Å². The van der Waals surface area contributed by atoms with Gasteiger partial charge in [0.1, 0.15) is 0 Å². The summed E-state index contributed by atoms with van der Waals surface area (Å²) in [5.74, 6) is -0.0725. The highest BCUT2D eigenvalue weighted by Crippen LogP contribution is 2.29. The minimum atomic E-state index is -0.0725. The van der Waals surface area contributed by atoms with E-state index in [1.807, 2.05) is 12.1 Å². The van der Waals surface area contributed by atoms with E-state index < -0.39 is 0 Å². The zero-order chi connectivity index (χ0) is 10.7. The van der Waals surface area contributed by atoms with Crippen molar-refractivity contribution >= 4 is 5.91 Å². The molecule has 2 rings (SSSR count). The van der Waals surface area contributed by atoms with Crippen LogP contribution in [-0.2, 0) is 11.2 Å². The Hall–Kier alpha value is -1.35. The Morgan fingerprint density at radius 1 is 1.47 bits per heavy atom. The molecule has 0 aromatic heterocycles. The lowest BCUT2D eigenvalue weighted by atomic mass is 9.88. The monoisotopic (exact) mass is 204 g/mol. The van der Waals surface area contributed by atoms with Gasteiger partial charge in [0.2, 0.25) is 5.91 Å². The second-order valence-electron chi connectivity index (χ2n) is 3.92. The van der Waals surface area contributed by atoms with Gasteiger partial charge in [0.15, 0.2) is 0 Å². The number of nitrogens with one attached hydrogen (secondary N) is 1. The molecule has 1 aromatic rings. The van der Waals surface area contributed by atoms with Crippen LogP contribution in [0.2, 0.25) is 0 Å². The van der Waals surface area contributed by atoms with Crippen molar-refractivity contribution in [1.82, 2.24) is 5.32 Å². The molecule has 0 spiro atoms. The summed E-state index contributed by atoms with van der Waals surface area (Å²) in [5, 5.41) is 2.96. The zero-order valence-electron chi connectivity index (χ0n) is 8.70. The number of rotatable bonds is 2. The van der Waals surface area contributed by atoms with Crippen LogP contribution in [0.3, 0.4) is 0 Å². The summed E-state index contributed by atoms with van der Waals surface area (Å²) in [6.07, 6.45) is 3.26. The van der Waals surface area contributed by atoms with E-state index in [0.29, 0.717) is 0 Å². The highest BCUT2D eigenvalue weighted by Gasteiger charge is 2.20. The molecule has 1 aliphatic rings. The van der Waals surface area contributed by atoms with Crippen molar-refractivity contribution in [2.75, 3.05) is 6.54 Å². The van der Waals surface area contributed by atoms with Gasteiger partial charge < -0.3 is 11.1 Å². The van der Waals surface area contributed by atoms with Gasteiger partial charge in [-0.05, 0) is 30.4 Å². The van der Waals surface area contributed by atoms with Gasteiger partial charge in [-0.15, -0.1) is 0 Å². The first-order chi connectivity index (χ1) is 7.31. The van der Waals surface area contributed by atoms with Crippen LogP contribution in [0.4, 0.5) is 0 Å². The Labute approximate surface area is 89.7 Å². The number of benzene rings is 1. The van der Waals surface area contributed by atoms with Crippen molar-refractivity contribution in [3.63, 3.8) is 0 Å². The lowest BCUT2D eigenvalue weighted by molar-refractivity contribution is -0.120. The molecule has 0 radical (unpaired) electrons. The van der Waals surface area contributed by atoms with Crippen molar-refractivity contribution in [3.8, 4) is 0 Å². The molecule has 0 saturated heterocycles. The average Bonchev–Trinajstić information content (AvgIpc) is 2.29. The summed E-state index contributed by atoms with van der Waals surface area (Å²) in [7, 11) is 0. The lowest BCUT2D eigenvalue weighted by Crippen LogP contribution is -2.35. The minimum absolute atomic E-state index is 0.0681. The maximum Gasteiger partial charge on any atom is 0.234 e. The minimum Gasteiger partial charge on any atom is -0.348 e. The van der Waals surface area contributed by atoms with E-state index in [9.17, 15) is 4.79 Å². The third-order valence-electron chi connectivity index (χ3n) is 2.89. The first-order valence-electron chi connectivity index (χ1n) is 5.38. The molecule has 3 N–H and O–H groups in total. The van der Waals surface area contributed by atoms with Gasteiger partial charge in [0.25, 0.3) is 0 Å². The van der Waals surface area contributed by atoms with Gasteiger partial charge in [-0.25, -0.2) is 0 Å². The number of aryl methyl sites for hydroxylation is 1. The Bertz CT molecular complexity index is 362. The molecular formula is C12H16N2O. The molecule has 1 amide bonds. The first kappa shape index (κ1) is 10.2. The molecular weight excluding hydrogens is 188 g/mol. The Morgan fingerprint density at radius 2 is 2.27 bits per heavy atom. The molecule has 0 saturated carbocycles. The largest absolute Gasteiger partial charge is 0.348 e. The van der Waals surface area contributed by atoms with E-state index in [-0.39, 0.29) is 18.5 Å². The normalized spacial score (nSPS) is 19.4. The van der Waals surface area contributed by atoms with Crippen LogP contribution in [0.1, 0.15) is 30.0 Å². The van der Waals surface area contributed by atoms with Crippen molar-refractivity contribution in [2.24, 2.45) is 5.73 Å². The van der Waals surface area contributed by atoms with Crippen LogP contribution in [-0.4, -0.2) is 12.5 Å². The molecule has 15 heavy (non-hydrogen) atoms. The summed E-state index contributed by atoms with van der Waals surface area (Å²) in [6.45, 7) is 0.0681. The molecule has 0 fully saturated rings. The number of amides is 1. The summed E-state index contributed by atoms with van der Waals surface area (Å²) >= 11 is 0. The van der Waals surface area contributed by atoms with Crippen LogP contribution >= 0.6 is 0 Å². The predicted molar refractivity (Wildman–Crippen MR) is 59.3 cm³/mol. The molecule has 3 heteroatoms. The zero-order valence-corrected chi connectivity index (χ0v) is 8.70. The summed E-state index contributed by atoms with van der Waals surface area (Å²) < 4.78 is 0. The molecule has 0 aliphatic heterocycles. The number of carbonyl (C=O) groups is 1. The Balaban J connectivity index is 2.18. The fourth-order valence-corrected chi connectivity index (χ4v) is 2.16. The Kier molecular flexibility index (Phi) is 3.02. The topological polar surface area (TPSA) is 55.1 Å². The number of fused-ring (bicyclic) bond motifs is 1. The summed E-state index contributed by atoms with van der Waals surface area (Å²) in [6, 6.07) is 8.45. The van der Waals surface area contributed by atoms with Crippen LogP contribution < -0.4 is 11.1 Å². The average molecular weight is 204 g/mol. The fourth-order valence-electron chi connectivity index (χ4n) is 2.16. The number of nitrogens with two attached hydrogens (primary N) is 1. The highest BCUT2D eigenvalue weighted by molar-refractivity contribution is 5.78. The molecule has 0 heterocycles. The van der Waals surface area contributed by atoms with Crippen molar-refractivity contribution < 1.29 is 4.79 Å². The van der Waals surface area contributed by atoms with Gasteiger partial charge in [-0.2, -0.15) is 0 Å². The fraction of sp³-hybridized carbons (Fsp3) is 0.417. The maximum atomic E-state index is 11.3. The van der Waals surface area contributed by atoms with Crippen LogP contribution in [0.5, 0.6) is 0 Å². The third kappa shape index (κ3) is 2.18. The third-order valence-corrected chi connectivity index (χ3v) is 2.89. The van der Waals surface area contributed by atoms with Gasteiger partial charge in [-0.3, -0.25) is 4.79 Å². The SMILES string of the molecule is NCC(=O)N[C@@H]1CCCc2ccccc21. The molecule has 0 bridgehead atoms. The Morgan fingerprint density at radius 3 is 3.07 bits per heavy atom. The number of hydrogen-bond acceptors (Lipinski definition) is 2. The predicted octanol–water partition coefficient (Wildman–Crippen LogP) is 1.14. The van der Waals surface area contributed by atoms with Gasteiger partial charge >= 0.3 is 0 Å². The van der Waals surface area contributed by atoms with Crippen molar-refractivity contribution in [2.45, 2.75) is 25.3 Å². The number of hydrogen-bond donors (Lipinski definition) is 2. The molecule has 0 unspecified atom stereocenters. The smallest absolute Gasteiger partial charge is 0.234 e. The van der Waals surface area contributed by atoms with Crippen LogP contribution in [0, 0.1) is 0 Å². The molecule has 1 aliphatic carbocycles. The van der Waals surface area contributed by atoms with Crippen LogP contribution in [0.15, 0.2) is 24.3 Å². The lowest BCUT2D eigenvalue weighted by Gasteiger charge is -2.26. The molecule has 1 atom stereocenters. The van der Waals surface area contributed by atoms with Crippen molar-refractivity contribution in [1.29, 1.82) is 0 Å². The molecule has 3 nitrogen and oxygen atoms in total.